The zero-order chi connectivity index (χ0) is 18.6. The first-order valence-corrected chi connectivity index (χ1v) is 8.37. The van der Waals surface area contributed by atoms with Gasteiger partial charge in [-0.05, 0) is 24.3 Å². The quantitative estimate of drug-likeness (QED) is 0.668. The number of aromatic nitrogens is 1. The summed E-state index contributed by atoms with van der Waals surface area (Å²) in [6.07, 6.45) is 0.376. The van der Waals surface area contributed by atoms with E-state index >= 15 is 0 Å². The Morgan fingerprint density at radius 3 is 2.85 bits per heavy atom. The number of nitrogens with zero attached hydrogens (tertiary/aromatic N) is 1. The van der Waals surface area contributed by atoms with Gasteiger partial charge in [-0.15, -0.1) is 0 Å². The minimum absolute atomic E-state index is 0.0735. The summed E-state index contributed by atoms with van der Waals surface area (Å²) < 4.78 is 21.0. The highest BCUT2D eigenvalue weighted by atomic mass is 16.7. The molecule has 1 amide bonds. The predicted molar refractivity (Wildman–Crippen MR) is 94.5 cm³/mol. The van der Waals surface area contributed by atoms with E-state index in [1.807, 2.05) is 24.3 Å². The van der Waals surface area contributed by atoms with Crippen LogP contribution in [0.25, 0.3) is 11.1 Å². The Hall–Kier alpha value is -3.55. The number of para-hydroxylation sites is 2. The van der Waals surface area contributed by atoms with Crippen LogP contribution in [0, 0.1) is 0 Å². The van der Waals surface area contributed by atoms with E-state index in [9.17, 15) is 9.59 Å². The Bertz CT molecular complexity index is 964. The van der Waals surface area contributed by atoms with Crippen molar-refractivity contribution < 1.29 is 28.2 Å². The summed E-state index contributed by atoms with van der Waals surface area (Å²) in [6.45, 7) is -0.217. The molecule has 1 aliphatic heterocycles. The highest BCUT2D eigenvalue weighted by molar-refractivity contribution is 5.93. The fraction of sp³-hybridized carbons (Fsp3) is 0.211. The molecular formula is C19H16N2O6. The van der Waals surface area contributed by atoms with Gasteiger partial charge < -0.3 is 23.9 Å². The largest absolute Gasteiger partial charge is 0.456 e. The number of esters is 1. The average molecular weight is 368 g/mol. The molecular weight excluding hydrogens is 352 g/mol. The summed E-state index contributed by atoms with van der Waals surface area (Å²) in [5, 5.41) is 2.64. The molecule has 0 saturated carbocycles. The number of aryl methyl sites for hydroxylation is 1. The molecule has 2 aromatic carbocycles. The Morgan fingerprint density at radius 2 is 1.96 bits per heavy atom. The Kier molecular flexibility index (Phi) is 4.61. The molecule has 0 radical (unpaired) electrons. The molecule has 1 aromatic heterocycles. The fourth-order valence-electron chi connectivity index (χ4n) is 2.63. The number of carbonyl (C=O) groups excluding carboxylic acids is 2. The first-order valence-electron chi connectivity index (χ1n) is 8.37. The monoisotopic (exact) mass is 368 g/mol. The Morgan fingerprint density at radius 1 is 1.11 bits per heavy atom. The summed E-state index contributed by atoms with van der Waals surface area (Å²) in [4.78, 5) is 28.0. The highest BCUT2D eigenvalue weighted by Gasteiger charge is 2.15. The van der Waals surface area contributed by atoms with Gasteiger partial charge >= 0.3 is 5.97 Å². The summed E-state index contributed by atoms with van der Waals surface area (Å²) in [6, 6.07) is 12.4. The van der Waals surface area contributed by atoms with Crippen molar-refractivity contribution in [2.24, 2.45) is 0 Å². The second-order valence-corrected chi connectivity index (χ2v) is 5.85. The van der Waals surface area contributed by atoms with Gasteiger partial charge in [-0.25, -0.2) is 4.98 Å². The molecule has 0 bridgehead atoms. The molecule has 0 unspecified atom stereocenters. The number of fused-ring (bicyclic) bond motifs is 2. The molecule has 8 nitrogen and oxygen atoms in total. The number of anilines is 1. The molecule has 0 saturated heterocycles. The Labute approximate surface area is 154 Å². The summed E-state index contributed by atoms with van der Waals surface area (Å²) in [5.74, 6) is 0.696. The molecule has 0 atom stereocenters. The van der Waals surface area contributed by atoms with Gasteiger partial charge in [0.05, 0.1) is 6.42 Å². The minimum atomic E-state index is -0.502. The molecule has 2 heterocycles. The van der Waals surface area contributed by atoms with E-state index in [0.717, 1.165) is 5.52 Å². The zero-order valence-corrected chi connectivity index (χ0v) is 14.3. The molecule has 3 aromatic rings. The average Bonchev–Trinajstić information content (AvgIpc) is 3.30. The van der Waals surface area contributed by atoms with Crippen molar-refractivity contribution in [1.82, 2.24) is 4.98 Å². The number of rotatable bonds is 6. The third-order valence-electron chi connectivity index (χ3n) is 3.90. The maximum atomic E-state index is 11.9. The van der Waals surface area contributed by atoms with Crippen molar-refractivity contribution in [2.45, 2.75) is 12.8 Å². The lowest BCUT2D eigenvalue weighted by atomic mass is 10.3. The van der Waals surface area contributed by atoms with E-state index in [-0.39, 0.29) is 19.8 Å². The predicted octanol–water partition coefficient (Wildman–Crippen LogP) is 2.67. The third kappa shape index (κ3) is 4.00. The third-order valence-corrected chi connectivity index (χ3v) is 3.90. The summed E-state index contributed by atoms with van der Waals surface area (Å²) in [5.41, 5.74) is 1.94. The molecule has 0 spiro atoms. The van der Waals surface area contributed by atoms with Gasteiger partial charge in [0.2, 0.25) is 6.79 Å². The van der Waals surface area contributed by atoms with Crippen LogP contribution in [0.4, 0.5) is 5.69 Å². The lowest BCUT2D eigenvalue weighted by molar-refractivity contribution is -0.147. The minimum Gasteiger partial charge on any atom is -0.456 e. The van der Waals surface area contributed by atoms with Gasteiger partial charge in [0.1, 0.15) is 5.52 Å². The van der Waals surface area contributed by atoms with Crippen LogP contribution < -0.4 is 14.8 Å². The van der Waals surface area contributed by atoms with Gasteiger partial charge in [0.15, 0.2) is 29.6 Å². The molecule has 138 valence electrons. The zero-order valence-electron chi connectivity index (χ0n) is 14.3. The number of ether oxygens (including phenoxy) is 3. The molecule has 27 heavy (non-hydrogen) atoms. The van der Waals surface area contributed by atoms with E-state index in [1.165, 1.54) is 0 Å². The van der Waals surface area contributed by atoms with Crippen molar-refractivity contribution in [2.75, 3.05) is 18.7 Å². The first kappa shape index (κ1) is 16.9. The van der Waals surface area contributed by atoms with Crippen LogP contribution in [0.3, 0.4) is 0 Å². The van der Waals surface area contributed by atoms with Gasteiger partial charge in [0, 0.05) is 18.2 Å². The SMILES string of the molecule is O=C(COC(=O)CCc1nc2ccccc2o1)Nc1ccc2c(c1)OCO2. The van der Waals surface area contributed by atoms with E-state index in [0.29, 0.717) is 35.1 Å². The fourth-order valence-corrected chi connectivity index (χ4v) is 2.63. The number of nitrogens with one attached hydrogen (secondary N) is 1. The van der Waals surface area contributed by atoms with Crippen LogP contribution in [-0.2, 0) is 20.7 Å². The van der Waals surface area contributed by atoms with Crippen LogP contribution in [0.5, 0.6) is 11.5 Å². The van der Waals surface area contributed by atoms with Gasteiger partial charge in [-0.1, -0.05) is 12.1 Å². The molecule has 1 N–H and O–H groups in total. The maximum absolute atomic E-state index is 11.9. The van der Waals surface area contributed by atoms with E-state index in [1.54, 1.807) is 18.2 Å². The molecule has 0 fully saturated rings. The van der Waals surface area contributed by atoms with E-state index in [2.05, 4.69) is 10.3 Å². The highest BCUT2D eigenvalue weighted by Crippen LogP contribution is 2.34. The molecule has 0 aliphatic carbocycles. The van der Waals surface area contributed by atoms with Crippen molar-refractivity contribution in [3.05, 3.63) is 48.4 Å². The lowest BCUT2D eigenvalue weighted by Gasteiger charge is -2.07. The number of hydrogen-bond acceptors (Lipinski definition) is 7. The number of oxazole rings is 1. The van der Waals surface area contributed by atoms with E-state index in [4.69, 9.17) is 18.6 Å². The first-order chi connectivity index (χ1) is 13.2. The van der Waals surface area contributed by atoms with Crippen molar-refractivity contribution in [1.29, 1.82) is 0 Å². The molecule has 8 heteroatoms. The second-order valence-electron chi connectivity index (χ2n) is 5.85. The van der Waals surface area contributed by atoms with Gasteiger partial charge in [0.25, 0.3) is 5.91 Å². The second kappa shape index (κ2) is 7.36. The van der Waals surface area contributed by atoms with Gasteiger partial charge in [-0.2, -0.15) is 0 Å². The van der Waals surface area contributed by atoms with Crippen molar-refractivity contribution in [3.63, 3.8) is 0 Å². The molecule has 4 rings (SSSR count). The summed E-state index contributed by atoms with van der Waals surface area (Å²) >= 11 is 0. The number of hydrogen-bond donors (Lipinski definition) is 1. The standard InChI is InChI=1S/C19H16N2O6/c22-17(20-12-5-6-15-16(9-12)26-11-25-15)10-24-19(23)8-7-18-21-13-3-1-2-4-14(13)27-18/h1-6,9H,7-8,10-11H2,(H,20,22). The van der Waals surface area contributed by atoms with Crippen LogP contribution in [-0.4, -0.2) is 30.3 Å². The maximum Gasteiger partial charge on any atom is 0.306 e. The van der Waals surface area contributed by atoms with Crippen LogP contribution in [0.15, 0.2) is 46.9 Å². The lowest BCUT2D eigenvalue weighted by Crippen LogP contribution is -2.21. The smallest absolute Gasteiger partial charge is 0.306 e. The topological polar surface area (TPSA) is 99.9 Å². The van der Waals surface area contributed by atoms with Crippen molar-refractivity contribution >= 4 is 28.7 Å². The van der Waals surface area contributed by atoms with Crippen LogP contribution in [0.2, 0.25) is 0 Å². The normalized spacial score (nSPS) is 12.1. The number of benzene rings is 2. The Balaban J connectivity index is 1.23. The van der Waals surface area contributed by atoms with Crippen molar-refractivity contribution in [3.8, 4) is 11.5 Å². The number of carbonyl (C=O) groups is 2. The molecule has 1 aliphatic rings. The van der Waals surface area contributed by atoms with Crippen LogP contribution in [0.1, 0.15) is 12.3 Å². The van der Waals surface area contributed by atoms with Gasteiger partial charge in [-0.3, -0.25) is 9.59 Å². The number of amides is 1. The van der Waals surface area contributed by atoms with E-state index < -0.39 is 11.9 Å². The summed E-state index contributed by atoms with van der Waals surface area (Å²) in [7, 11) is 0. The van der Waals surface area contributed by atoms with Crippen LogP contribution >= 0.6 is 0 Å².